The Morgan fingerprint density at radius 2 is 2.00 bits per heavy atom. The molecule has 0 saturated heterocycles. The fourth-order valence-electron chi connectivity index (χ4n) is 1.33. The molecular formula is C11H10F2N4S. The lowest BCUT2D eigenvalue weighted by atomic mass is 10.3. The minimum Gasteiger partial charge on any atom is -0.383 e. The number of nitrogens with zero attached hydrogens (tertiary/aromatic N) is 2. The van der Waals surface area contributed by atoms with Crippen LogP contribution >= 0.6 is 11.8 Å². The van der Waals surface area contributed by atoms with E-state index in [4.69, 9.17) is 5.73 Å². The Morgan fingerprint density at radius 3 is 2.72 bits per heavy atom. The zero-order valence-electron chi connectivity index (χ0n) is 9.45. The van der Waals surface area contributed by atoms with Gasteiger partial charge in [-0.15, -0.1) is 0 Å². The molecule has 0 aliphatic heterocycles. The van der Waals surface area contributed by atoms with Gasteiger partial charge < -0.3 is 11.1 Å². The Hall–Kier alpha value is -1.89. The zero-order chi connectivity index (χ0) is 13.1. The molecule has 0 amide bonds. The predicted molar refractivity (Wildman–Crippen MR) is 67.9 cm³/mol. The molecule has 94 valence electrons. The zero-order valence-corrected chi connectivity index (χ0v) is 10.3. The highest BCUT2D eigenvalue weighted by Gasteiger charge is 2.07. The molecule has 1 aromatic carbocycles. The molecular weight excluding hydrogens is 258 g/mol. The van der Waals surface area contributed by atoms with E-state index in [2.05, 4.69) is 15.3 Å². The van der Waals surface area contributed by atoms with Gasteiger partial charge in [-0.1, -0.05) is 11.8 Å². The van der Waals surface area contributed by atoms with E-state index in [-0.39, 0.29) is 11.5 Å². The van der Waals surface area contributed by atoms with Crippen LogP contribution in [0.4, 0.5) is 26.1 Å². The second-order valence-electron chi connectivity index (χ2n) is 3.41. The van der Waals surface area contributed by atoms with Gasteiger partial charge in [-0.3, -0.25) is 0 Å². The molecule has 3 N–H and O–H groups in total. The highest BCUT2D eigenvalue weighted by Crippen LogP contribution is 2.22. The van der Waals surface area contributed by atoms with Gasteiger partial charge in [0.2, 0.25) is 0 Å². The van der Waals surface area contributed by atoms with Crippen molar-refractivity contribution in [2.24, 2.45) is 0 Å². The Balaban J connectivity index is 2.33. The van der Waals surface area contributed by atoms with Crippen molar-refractivity contribution in [1.82, 2.24) is 9.97 Å². The molecule has 0 bridgehead atoms. The van der Waals surface area contributed by atoms with Crippen LogP contribution in [0.2, 0.25) is 0 Å². The van der Waals surface area contributed by atoms with Gasteiger partial charge in [-0.2, -0.15) is 0 Å². The third kappa shape index (κ3) is 2.86. The maximum absolute atomic E-state index is 13.4. The number of nitrogens with two attached hydrogens (primary N) is 1. The average Bonchev–Trinajstić information content (AvgIpc) is 2.33. The quantitative estimate of drug-likeness (QED) is 0.662. The van der Waals surface area contributed by atoms with Gasteiger partial charge in [0.15, 0.2) is 5.16 Å². The largest absolute Gasteiger partial charge is 0.383 e. The molecule has 2 aromatic rings. The number of aromatic nitrogens is 2. The van der Waals surface area contributed by atoms with E-state index < -0.39 is 11.6 Å². The second kappa shape index (κ2) is 5.18. The summed E-state index contributed by atoms with van der Waals surface area (Å²) >= 11 is 1.30. The van der Waals surface area contributed by atoms with Crippen molar-refractivity contribution in [1.29, 1.82) is 0 Å². The molecule has 0 radical (unpaired) electrons. The highest BCUT2D eigenvalue weighted by molar-refractivity contribution is 7.98. The van der Waals surface area contributed by atoms with Crippen LogP contribution in [-0.2, 0) is 0 Å². The monoisotopic (exact) mass is 268 g/mol. The van der Waals surface area contributed by atoms with Crippen molar-refractivity contribution < 1.29 is 8.78 Å². The maximum Gasteiger partial charge on any atom is 0.191 e. The van der Waals surface area contributed by atoms with E-state index in [1.165, 1.54) is 17.8 Å². The fraction of sp³-hybridized carbons (Fsp3) is 0.0909. The molecule has 0 unspecified atom stereocenters. The Bertz CT molecular complexity index is 577. The molecule has 2 rings (SSSR count). The first-order valence-electron chi connectivity index (χ1n) is 4.99. The third-order valence-corrected chi connectivity index (χ3v) is 2.65. The SMILES string of the molecule is CSc1nc(N)cc(Nc2cc(F)ccc2F)n1. The molecule has 0 spiro atoms. The molecule has 0 aliphatic rings. The summed E-state index contributed by atoms with van der Waals surface area (Å²) in [6, 6.07) is 4.58. The Kier molecular flexibility index (Phi) is 3.61. The first kappa shape index (κ1) is 12.6. The minimum absolute atomic E-state index is 0.000142. The average molecular weight is 268 g/mol. The summed E-state index contributed by atoms with van der Waals surface area (Å²) in [5, 5.41) is 3.12. The first-order valence-corrected chi connectivity index (χ1v) is 6.21. The summed E-state index contributed by atoms with van der Waals surface area (Å²) < 4.78 is 26.4. The van der Waals surface area contributed by atoms with E-state index in [9.17, 15) is 8.78 Å². The van der Waals surface area contributed by atoms with E-state index in [0.29, 0.717) is 11.0 Å². The number of thioether (sulfide) groups is 1. The van der Waals surface area contributed by atoms with E-state index in [1.807, 2.05) is 0 Å². The first-order chi connectivity index (χ1) is 8.58. The van der Waals surface area contributed by atoms with Crippen LogP contribution in [0, 0.1) is 11.6 Å². The van der Waals surface area contributed by atoms with Crippen molar-refractivity contribution in [3.05, 3.63) is 35.9 Å². The van der Waals surface area contributed by atoms with Gasteiger partial charge in [0.25, 0.3) is 0 Å². The van der Waals surface area contributed by atoms with Gasteiger partial charge in [0.05, 0.1) is 5.69 Å². The molecule has 1 aromatic heterocycles. The van der Waals surface area contributed by atoms with Crippen LogP contribution in [0.5, 0.6) is 0 Å². The van der Waals surface area contributed by atoms with Gasteiger partial charge in [-0.05, 0) is 18.4 Å². The van der Waals surface area contributed by atoms with Crippen LogP contribution in [-0.4, -0.2) is 16.2 Å². The van der Waals surface area contributed by atoms with Crippen LogP contribution in [0.3, 0.4) is 0 Å². The molecule has 1 heterocycles. The Morgan fingerprint density at radius 1 is 1.22 bits per heavy atom. The molecule has 0 atom stereocenters. The third-order valence-electron chi connectivity index (χ3n) is 2.10. The second-order valence-corrected chi connectivity index (χ2v) is 4.19. The molecule has 18 heavy (non-hydrogen) atoms. The summed E-state index contributed by atoms with van der Waals surface area (Å²) in [5.74, 6) is -0.532. The summed E-state index contributed by atoms with van der Waals surface area (Å²) in [6.07, 6.45) is 1.79. The number of rotatable bonds is 3. The lowest BCUT2D eigenvalue weighted by Gasteiger charge is -2.08. The van der Waals surface area contributed by atoms with Crippen LogP contribution in [0.25, 0.3) is 0 Å². The number of nitrogen functional groups attached to an aromatic ring is 1. The number of hydrogen-bond acceptors (Lipinski definition) is 5. The van der Waals surface area contributed by atoms with Crippen molar-refractivity contribution in [2.75, 3.05) is 17.3 Å². The van der Waals surface area contributed by atoms with Crippen molar-refractivity contribution >= 4 is 29.1 Å². The molecule has 4 nitrogen and oxygen atoms in total. The highest BCUT2D eigenvalue weighted by atomic mass is 32.2. The van der Waals surface area contributed by atoms with Crippen molar-refractivity contribution in [3.63, 3.8) is 0 Å². The van der Waals surface area contributed by atoms with Crippen LogP contribution in [0.15, 0.2) is 29.4 Å². The summed E-state index contributed by atoms with van der Waals surface area (Å²) in [4.78, 5) is 8.05. The van der Waals surface area contributed by atoms with Crippen LogP contribution in [0.1, 0.15) is 0 Å². The molecule has 0 aliphatic carbocycles. The van der Waals surface area contributed by atoms with Crippen molar-refractivity contribution in [2.45, 2.75) is 5.16 Å². The van der Waals surface area contributed by atoms with Crippen molar-refractivity contribution in [3.8, 4) is 0 Å². The number of benzene rings is 1. The Labute approximate surface area is 107 Å². The molecule has 0 saturated carbocycles. The standard InChI is InChI=1S/C11H10F2N4S/c1-18-11-16-9(14)5-10(17-11)15-8-4-6(12)2-3-7(8)13/h2-5H,1H3,(H3,14,15,16,17). The van der Waals surface area contributed by atoms with Gasteiger partial charge in [0.1, 0.15) is 23.3 Å². The van der Waals surface area contributed by atoms with E-state index >= 15 is 0 Å². The van der Waals surface area contributed by atoms with Crippen LogP contribution < -0.4 is 11.1 Å². The number of anilines is 3. The lowest BCUT2D eigenvalue weighted by molar-refractivity contribution is 0.603. The minimum atomic E-state index is -0.570. The number of halogens is 2. The predicted octanol–water partition coefficient (Wildman–Crippen LogP) is 2.80. The van der Waals surface area contributed by atoms with Gasteiger partial charge >= 0.3 is 0 Å². The molecule has 0 fully saturated rings. The van der Waals surface area contributed by atoms with E-state index in [1.54, 1.807) is 6.26 Å². The summed E-state index contributed by atoms with van der Waals surface area (Å²) in [7, 11) is 0. The number of nitrogens with one attached hydrogen (secondary N) is 1. The van der Waals surface area contributed by atoms with Gasteiger partial charge in [-0.25, -0.2) is 18.7 Å². The summed E-state index contributed by atoms with van der Waals surface area (Å²) in [5.41, 5.74) is 5.58. The lowest BCUT2D eigenvalue weighted by Crippen LogP contribution is -2.01. The maximum atomic E-state index is 13.4. The summed E-state index contributed by atoms with van der Waals surface area (Å²) in [6.45, 7) is 0. The normalized spacial score (nSPS) is 10.4. The van der Waals surface area contributed by atoms with E-state index in [0.717, 1.165) is 18.2 Å². The fourth-order valence-corrected chi connectivity index (χ4v) is 1.72. The van der Waals surface area contributed by atoms with Gasteiger partial charge in [0, 0.05) is 12.1 Å². The topological polar surface area (TPSA) is 63.8 Å². The number of hydrogen-bond donors (Lipinski definition) is 2. The molecule has 7 heteroatoms. The smallest absolute Gasteiger partial charge is 0.191 e.